The molecule has 0 radical (unpaired) electrons. The van der Waals surface area contributed by atoms with Gasteiger partial charge in [0, 0.05) is 49.8 Å². The molecule has 6 aliphatic heterocycles. The van der Waals surface area contributed by atoms with Gasteiger partial charge in [0.25, 0.3) is 0 Å². The quantitative estimate of drug-likeness (QED) is 0.230. The number of nitrogens with zero attached hydrogens (tertiary/aromatic N) is 4. The second-order valence-corrected chi connectivity index (χ2v) is 20.6. The van der Waals surface area contributed by atoms with E-state index in [1.165, 1.54) is 36.5 Å². The van der Waals surface area contributed by atoms with Crippen molar-refractivity contribution >= 4 is 46.6 Å². The first-order chi connectivity index (χ1) is 29.9. The molecule has 2 unspecified atom stereocenters. The maximum atomic E-state index is 14.1. The van der Waals surface area contributed by atoms with Crippen molar-refractivity contribution in [1.29, 1.82) is 0 Å². The van der Waals surface area contributed by atoms with Crippen LogP contribution in [0.5, 0.6) is 0 Å². The maximum absolute atomic E-state index is 14.1. The highest BCUT2D eigenvalue weighted by Gasteiger charge is 2.48. The van der Waals surface area contributed by atoms with Crippen molar-refractivity contribution in [3.8, 4) is 11.1 Å². The van der Waals surface area contributed by atoms with Crippen LogP contribution in [0.15, 0.2) is 58.8 Å². The molecule has 0 spiro atoms. The molecule has 2 aromatic carbocycles. The molecule has 6 atom stereocenters. The van der Waals surface area contributed by atoms with Gasteiger partial charge in [-0.05, 0) is 92.9 Å². The first kappa shape index (κ1) is 44.3. The lowest BCUT2D eigenvalue weighted by Crippen LogP contribution is -2.53. The van der Waals surface area contributed by atoms with Crippen molar-refractivity contribution < 1.29 is 33.4 Å². The van der Waals surface area contributed by atoms with Crippen LogP contribution in [0.2, 0.25) is 0 Å². The number of aliphatic imine (C=N–C) groups is 2. The van der Waals surface area contributed by atoms with Crippen LogP contribution in [0.25, 0.3) is 22.3 Å². The molecule has 4 amide bonds. The summed E-state index contributed by atoms with van der Waals surface area (Å²) in [6.07, 6.45) is 7.61. The van der Waals surface area contributed by atoms with Crippen LogP contribution in [0.3, 0.4) is 0 Å². The predicted molar refractivity (Wildman–Crippen MR) is 244 cm³/mol. The Balaban J connectivity index is 0.979. The summed E-state index contributed by atoms with van der Waals surface area (Å²) in [5.41, 5.74) is 11.1. The minimum atomic E-state index is -0.698. The highest BCUT2D eigenvalue weighted by molar-refractivity contribution is 6.05. The fraction of sp³-hybridized carbons (Fsp3) is 0.560. The Morgan fingerprint density at radius 1 is 0.651 bits per heavy atom. The van der Waals surface area contributed by atoms with Gasteiger partial charge in [-0.3, -0.25) is 19.6 Å². The van der Waals surface area contributed by atoms with Gasteiger partial charge in [0.05, 0.1) is 38.5 Å². The molecule has 13 nitrogen and oxygen atoms in total. The van der Waals surface area contributed by atoms with Gasteiger partial charge in [-0.25, -0.2) is 9.59 Å². The number of likely N-dealkylation sites (tertiary alicyclic amines) is 2. The molecule has 336 valence electrons. The lowest BCUT2D eigenvalue weighted by molar-refractivity contribution is -0.135. The Morgan fingerprint density at radius 2 is 1.08 bits per heavy atom. The summed E-state index contributed by atoms with van der Waals surface area (Å²) in [5.74, 6) is -0.440. The molecule has 3 saturated heterocycles. The topological polar surface area (TPSA) is 151 Å². The number of alkyl carbamates (subject to hydrolysis) is 2. The van der Waals surface area contributed by atoms with Crippen molar-refractivity contribution in [2.45, 2.75) is 130 Å². The first-order valence-electron chi connectivity index (χ1n) is 22.6. The van der Waals surface area contributed by atoms with Crippen LogP contribution < -0.4 is 10.6 Å². The third kappa shape index (κ3) is 8.57. The van der Waals surface area contributed by atoms with E-state index < -0.39 is 24.3 Å². The van der Waals surface area contributed by atoms with Crippen LogP contribution in [-0.2, 0) is 23.8 Å². The van der Waals surface area contributed by atoms with E-state index in [1.807, 2.05) is 49.9 Å². The Bertz CT molecular complexity index is 2310. The number of nitrogens with one attached hydrogen (secondary N) is 2. The van der Waals surface area contributed by atoms with Gasteiger partial charge in [0.15, 0.2) is 0 Å². The Hall–Kier alpha value is -5.30. The van der Waals surface area contributed by atoms with Crippen molar-refractivity contribution in [1.82, 2.24) is 20.4 Å². The standard InChI is InChI=1S/C50H64N6O7/c1-27(2)43(53-47(59)61-9)45(57)55-25-49(5,6)21-37(55)35-19-31(23-51-35)29-11-13-30(14-12-29)33-15-16-34(42-40-18-17-39(63-40)41(33)42)32-20-36(52-24-32)38-22-50(7,8)26-56(38)46(58)44(28(3)4)54-48(60)62-10/h11-16,23-24,27-28,37-40,43-44H,17-22,25-26H2,1-10H3,(H,53,59)(H,54,60)/t37-,38-,39?,40?,43-,44-/m0/s1. The van der Waals surface area contributed by atoms with Crippen LogP contribution >= 0.6 is 0 Å². The van der Waals surface area contributed by atoms with Crippen molar-refractivity contribution in [3.63, 3.8) is 0 Å². The SMILES string of the molecule is COC(=O)N[C@H](C(=O)N1CC(C)(C)C[C@H]1C1=NC=C(c2ccc(-c3ccc(C4=CN=C([C@@H]5CC(C)(C)CN5C(=O)[C@@H](NC(=O)OC)C(C)C)C4)c4c3C3CCC4O3)cc2)C1)C(C)C. The number of carbonyl (C=O) groups excluding carboxylic acids is 4. The minimum absolute atomic E-state index is 0.0298. The molecule has 2 aromatic rings. The molecular formula is C50H64N6O7. The number of hydrogen-bond acceptors (Lipinski definition) is 9. The van der Waals surface area contributed by atoms with E-state index in [4.69, 9.17) is 24.2 Å². The summed E-state index contributed by atoms with van der Waals surface area (Å²) >= 11 is 0. The molecule has 0 aliphatic carbocycles. The zero-order chi connectivity index (χ0) is 45.1. The fourth-order valence-electron chi connectivity index (χ4n) is 10.8. The molecule has 0 saturated carbocycles. The second kappa shape index (κ2) is 17.0. The average Bonchev–Trinajstić information content (AvgIpc) is 4.12. The summed E-state index contributed by atoms with van der Waals surface area (Å²) in [6.45, 7) is 17.6. The largest absolute Gasteiger partial charge is 0.453 e. The number of methoxy groups -OCH3 is 2. The molecule has 63 heavy (non-hydrogen) atoms. The van der Waals surface area contributed by atoms with Crippen molar-refractivity contribution in [2.24, 2.45) is 32.7 Å². The highest BCUT2D eigenvalue weighted by Crippen LogP contribution is 2.56. The van der Waals surface area contributed by atoms with Crippen LogP contribution in [0.4, 0.5) is 9.59 Å². The summed E-state index contributed by atoms with van der Waals surface area (Å²) in [6, 6.07) is 11.5. The lowest BCUT2D eigenvalue weighted by atomic mass is 9.80. The van der Waals surface area contributed by atoms with E-state index in [0.29, 0.717) is 25.9 Å². The molecule has 3 fully saturated rings. The number of amides is 4. The Labute approximate surface area is 371 Å². The molecular weight excluding hydrogens is 797 g/mol. The molecule has 8 rings (SSSR count). The fourth-order valence-corrected chi connectivity index (χ4v) is 10.8. The number of allylic oxidation sites excluding steroid dienone is 2. The summed E-state index contributed by atoms with van der Waals surface area (Å²) in [7, 11) is 2.62. The third-order valence-electron chi connectivity index (χ3n) is 13.9. The molecule has 0 aromatic heterocycles. The first-order valence-corrected chi connectivity index (χ1v) is 22.6. The van der Waals surface area contributed by atoms with Gasteiger partial charge in [0.2, 0.25) is 11.8 Å². The van der Waals surface area contributed by atoms with E-state index in [2.05, 4.69) is 74.7 Å². The zero-order valence-corrected chi connectivity index (χ0v) is 38.5. The van der Waals surface area contributed by atoms with Gasteiger partial charge >= 0.3 is 12.2 Å². The van der Waals surface area contributed by atoms with E-state index in [0.717, 1.165) is 59.4 Å². The van der Waals surface area contributed by atoms with Gasteiger partial charge in [0.1, 0.15) is 12.1 Å². The Kier molecular flexibility index (Phi) is 12.0. The molecule has 6 aliphatic rings. The summed E-state index contributed by atoms with van der Waals surface area (Å²) < 4.78 is 16.3. The summed E-state index contributed by atoms with van der Waals surface area (Å²) in [5, 5.41) is 5.54. The van der Waals surface area contributed by atoms with Crippen LogP contribution in [0, 0.1) is 22.7 Å². The van der Waals surface area contributed by atoms with Crippen molar-refractivity contribution in [2.75, 3.05) is 27.3 Å². The highest BCUT2D eigenvalue weighted by atomic mass is 16.5. The van der Waals surface area contributed by atoms with Crippen LogP contribution in [0.1, 0.15) is 128 Å². The molecule has 2 N–H and O–H groups in total. The smallest absolute Gasteiger partial charge is 0.407 e. The van der Waals surface area contributed by atoms with E-state index >= 15 is 0 Å². The van der Waals surface area contributed by atoms with Gasteiger partial charge in [-0.1, -0.05) is 91.8 Å². The van der Waals surface area contributed by atoms with E-state index in [-0.39, 0.29) is 58.8 Å². The van der Waals surface area contributed by atoms with Gasteiger partial charge in [-0.15, -0.1) is 0 Å². The van der Waals surface area contributed by atoms with Crippen LogP contribution in [-0.4, -0.2) is 96.7 Å². The monoisotopic (exact) mass is 860 g/mol. The number of carbonyl (C=O) groups is 4. The Morgan fingerprint density at radius 3 is 1.56 bits per heavy atom. The number of benzene rings is 2. The van der Waals surface area contributed by atoms with Gasteiger partial charge < -0.3 is 34.6 Å². The van der Waals surface area contributed by atoms with Gasteiger partial charge in [-0.2, -0.15) is 0 Å². The van der Waals surface area contributed by atoms with E-state index in [9.17, 15) is 19.2 Å². The normalized spacial score (nSPS) is 25.1. The zero-order valence-electron chi connectivity index (χ0n) is 38.5. The number of fused-ring (bicyclic) bond motifs is 5. The summed E-state index contributed by atoms with van der Waals surface area (Å²) in [4.78, 5) is 66.2. The molecule has 6 heterocycles. The average molecular weight is 861 g/mol. The lowest BCUT2D eigenvalue weighted by Gasteiger charge is -2.31. The molecule has 13 heteroatoms. The molecule has 2 bridgehead atoms. The maximum Gasteiger partial charge on any atom is 0.407 e. The van der Waals surface area contributed by atoms with E-state index in [1.54, 1.807) is 0 Å². The number of rotatable bonds is 11. The predicted octanol–water partition coefficient (Wildman–Crippen LogP) is 8.65. The number of ether oxygens (including phenoxy) is 3. The minimum Gasteiger partial charge on any atom is -0.453 e. The number of hydrogen-bond donors (Lipinski definition) is 2. The third-order valence-corrected chi connectivity index (χ3v) is 13.9. The second-order valence-electron chi connectivity index (χ2n) is 20.6. The van der Waals surface area contributed by atoms with Crippen molar-refractivity contribution in [3.05, 3.63) is 71.1 Å².